The predicted octanol–water partition coefficient (Wildman–Crippen LogP) is 2.85. The summed E-state index contributed by atoms with van der Waals surface area (Å²) in [7, 11) is 0. The van der Waals surface area contributed by atoms with Crippen molar-refractivity contribution >= 4 is 16.1 Å². The van der Waals surface area contributed by atoms with Crippen LogP contribution >= 0.6 is 0 Å². The van der Waals surface area contributed by atoms with Crippen molar-refractivity contribution in [1.29, 1.82) is 0 Å². The SMILES string of the molecule is CC1(C)C(=S=O)C2(C)CCC1C2(C)C. The minimum atomic E-state index is 0.142. The van der Waals surface area contributed by atoms with E-state index in [-0.39, 0.29) is 10.8 Å². The van der Waals surface area contributed by atoms with Crippen molar-refractivity contribution in [3.63, 3.8) is 0 Å². The molecule has 2 heteroatoms. The maximum atomic E-state index is 11.3. The zero-order valence-electron chi connectivity index (χ0n) is 9.81. The molecule has 14 heavy (non-hydrogen) atoms. The van der Waals surface area contributed by atoms with Gasteiger partial charge < -0.3 is 0 Å². The molecule has 0 aromatic carbocycles. The van der Waals surface area contributed by atoms with Gasteiger partial charge in [0.2, 0.25) is 0 Å². The molecule has 0 heterocycles. The van der Waals surface area contributed by atoms with E-state index in [1.165, 1.54) is 17.7 Å². The second kappa shape index (κ2) is 2.52. The molecule has 2 aliphatic rings. The van der Waals surface area contributed by atoms with E-state index in [0.29, 0.717) is 11.3 Å². The summed E-state index contributed by atoms with van der Waals surface area (Å²) in [6.45, 7) is 11.5. The van der Waals surface area contributed by atoms with Crippen LogP contribution in [0.5, 0.6) is 0 Å². The highest BCUT2D eigenvalue weighted by Gasteiger charge is 2.67. The Hall–Kier alpha value is -0.110. The lowest BCUT2D eigenvalue weighted by atomic mass is 9.71. The highest BCUT2D eigenvalue weighted by atomic mass is 32.1. The van der Waals surface area contributed by atoms with Crippen molar-refractivity contribution in [1.82, 2.24) is 0 Å². The van der Waals surface area contributed by atoms with E-state index in [2.05, 4.69) is 34.6 Å². The van der Waals surface area contributed by atoms with Crippen molar-refractivity contribution in [2.45, 2.75) is 47.5 Å². The quantitative estimate of drug-likeness (QED) is 0.564. The Bertz CT molecular complexity index is 336. The van der Waals surface area contributed by atoms with Crippen LogP contribution < -0.4 is 0 Å². The van der Waals surface area contributed by atoms with Crippen LogP contribution in [0.15, 0.2) is 0 Å². The Morgan fingerprint density at radius 2 is 1.79 bits per heavy atom. The molecule has 2 aliphatic carbocycles. The average Bonchev–Trinajstić information content (AvgIpc) is 2.29. The Kier molecular flexibility index (Phi) is 1.87. The van der Waals surface area contributed by atoms with Crippen LogP contribution in [0.2, 0.25) is 0 Å². The third kappa shape index (κ3) is 0.843. The summed E-state index contributed by atoms with van der Waals surface area (Å²) in [5, 5.41) is 0. The lowest BCUT2D eigenvalue weighted by Crippen LogP contribution is -2.36. The first-order valence-electron chi connectivity index (χ1n) is 5.46. The van der Waals surface area contributed by atoms with E-state index < -0.39 is 0 Å². The molecule has 0 spiro atoms. The fourth-order valence-corrected chi connectivity index (χ4v) is 5.14. The largest absolute Gasteiger partial charge is 0.212 e. The summed E-state index contributed by atoms with van der Waals surface area (Å²) in [6, 6.07) is 0. The summed E-state index contributed by atoms with van der Waals surface area (Å²) in [4.78, 5) is 1.20. The summed E-state index contributed by atoms with van der Waals surface area (Å²) >= 11 is 0.770. The monoisotopic (exact) mass is 212 g/mol. The lowest BCUT2D eigenvalue weighted by Gasteiger charge is -2.34. The molecule has 2 rings (SSSR count). The first kappa shape index (κ1) is 10.4. The molecule has 2 unspecified atom stereocenters. The van der Waals surface area contributed by atoms with Crippen LogP contribution in [0.1, 0.15) is 47.5 Å². The smallest absolute Gasteiger partial charge is 0.0887 e. The topological polar surface area (TPSA) is 17.1 Å². The molecule has 2 saturated carbocycles. The van der Waals surface area contributed by atoms with Crippen molar-refractivity contribution in [2.75, 3.05) is 0 Å². The molecule has 0 radical (unpaired) electrons. The second-order valence-electron chi connectivity index (χ2n) is 6.28. The van der Waals surface area contributed by atoms with E-state index in [4.69, 9.17) is 0 Å². The summed E-state index contributed by atoms with van der Waals surface area (Å²) < 4.78 is 11.3. The number of hydrogen-bond donors (Lipinski definition) is 0. The molecular formula is C12H20OS. The van der Waals surface area contributed by atoms with Gasteiger partial charge in [-0.15, -0.1) is 0 Å². The summed E-state index contributed by atoms with van der Waals surface area (Å²) in [6.07, 6.45) is 2.50. The van der Waals surface area contributed by atoms with Gasteiger partial charge in [0, 0.05) is 15.7 Å². The molecular weight excluding hydrogens is 192 g/mol. The van der Waals surface area contributed by atoms with Crippen molar-refractivity contribution in [2.24, 2.45) is 22.2 Å². The Labute approximate surface area is 90.4 Å². The Balaban J connectivity index is 2.67. The van der Waals surface area contributed by atoms with Gasteiger partial charge in [-0.1, -0.05) is 34.6 Å². The Morgan fingerprint density at radius 1 is 1.21 bits per heavy atom. The predicted molar refractivity (Wildman–Crippen MR) is 61.5 cm³/mol. The first-order chi connectivity index (χ1) is 6.28. The van der Waals surface area contributed by atoms with Gasteiger partial charge in [-0.3, -0.25) is 0 Å². The van der Waals surface area contributed by atoms with Crippen LogP contribution in [-0.2, 0) is 11.3 Å². The van der Waals surface area contributed by atoms with E-state index in [1.54, 1.807) is 0 Å². The van der Waals surface area contributed by atoms with Crippen molar-refractivity contribution < 1.29 is 4.21 Å². The molecule has 2 atom stereocenters. The van der Waals surface area contributed by atoms with Crippen LogP contribution in [0.3, 0.4) is 0 Å². The van der Waals surface area contributed by atoms with Crippen LogP contribution in [0, 0.1) is 22.2 Å². The number of fused-ring (bicyclic) bond motifs is 2. The highest BCUT2D eigenvalue weighted by Crippen LogP contribution is 2.69. The minimum absolute atomic E-state index is 0.142. The van der Waals surface area contributed by atoms with E-state index >= 15 is 0 Å². The second-order valence-corrected chi connectivity index (χ2v) is 6.85. The maximum absolute atomic E-state index is 11.3. The third-order valence-electron chi connectivity index (χ3n) is 5.27. The average molecular weight is 212 g/mol. The molecule has 0 aromatic rings. The van der Waals surface area contributed by atoms with E-state index in [0.717, 1.165) is 11.3 Å². The summed E-state index contributed by atoms with van der Waals surface area (Å²) in [5.41, 5.74) is 0.625. The van der Waals surface area contributed by atoms with Gasteiger partial charge in [0.15, 0.2) is 0 Å². The van der Waals surface area contributed by atoms with E-state index in [9.17, 15) is 4.21 Å². The highest BCUT2D eigenvalue weighted by molar-refractivity contribution is 7.66. The van der Waals surface area contributed by atoms with Crippen LogP contribution in [-0.4, -0.2) is 9.07 Å². The molecule has 0 aliphatic heterocycles. The molecule has 0 saturated heterocycles. The van der Waals surface area contributed by atoms with Gasteiger partial charge in [-0.05, 0) is 24.2 Å². The standard InChI is InChI=1S/C12H20OS/c1-10(2)8-6-7-12(5,9(10)14-13)11(8,3)4/h8H,6-7H2,1-5H3. The fraction of sp³-hybridized carbons (Fsp3) is 0.917. The zero-order valence-corrected chi connectivity index (χ0v) is 10.6. The van der Waals surface area contributed by atoms with Gasteiger partial charge in [0.05, 0.1) is 11.3 Å². The van der Waals surface area contributed by atoms with Gasteiger partial charge >= 0.3 is 0 Å². The number of hydrogen-bond acceptors (Lipinski definition) is 1. The molecule has 0 N–H and O–H groups in total. The minimum Gasteiger partial charge on any atom is -0.212 e. The lowest BCUT2D eigenvalue weighted by molar-refractivity contribution is 0.154. The van der Waals surface area contributed by atoms with Crippen molar-refractivity contribution in [3.8, 4) is 0 Å². The number of rotatable bonds is 0. The maximum Gasteiger partial charge on any atom is 0.0887 e. The first-order valence-corrected chi connectivity index (χ1v) is 6.20. The molecule has 0 aromatic heterocycles. The molecule has 0 amide bonds. The zero-order chi connectivity index (χ0) is 10.8. The Morgan fingerprint density at radius 3 is 2.07 bits per heavy atom. The van der Waals surface area contributed by atoms with Gasteiger partial charge in [-0.25, -0.2) is 4.21 Å². The molecule has 80 valence electrons. The van der Waals surface area contributed by atoms with Gasteiger partial charge in [0.1, 0.15) is 0 Å². The fourth-order valence-electron chi connectivity index (χ4n) is 4.24. The van der Waals surface area contributed by atoms with Crippen molar-refractivity contribution in [3.05, 3.63) is 0 Å². The van der Waals surface area contributed by atoms with Gasteiger partial charge in [0.25, 0.3) is 0 Å². The molecule has 2 fully saturated rings. The van der Waals surface area contributed by atoms with Gasteiger partial charge in [-0.2, -0.15) is 0 Å². The summed E-state index contributed by atoms with van der Waals surface area (Å²) in [5.74, 6) is 0.691. The molecule has 2 bridgehead atoms. The van der Waals surface area contributed by atoms with Crippen LogP contribution in [0.25, 0.3) is 0 Å². The third-order valence-corrected chi connectivity index (χ3v) is 6.41. The van der Waals surface area contributed by atoms with Crippen LogP contribution in [0.4, 0.5) is 0 Å². The molecule has 1 nitrogen and oxygen atoms in total. The normalized spacial score (nSPS) is 42.9. The van der Waals surface area contributed by atoms with E-state index in [1.807, 2.05) is 0 Å².